The fraction of sp³-hybridized carbons (Fsp3) is 0.421. The predicted octanol–water partition coefficient (Wildman–Crippen LogP) is -3.61. The van der Waals surface area contributed by atoms with Gasteiger partial charge in [0.2, 0.25) is 5.91 Å². The molecule has 0 bridgehead atoms. The van der Waals surface area contributed by atoms with Crippen molar-refractivity contribution in [3.05, 3.63) is 29.3 Å². The highest BCUT2D eigenvalue weighted by Gasteiger charge is 2.40. The normalized spacial score (nSPS) is 18.6. The van der Waals surface area contributed by atoms with E-state index in [0.29, 0.717) is 10.5 Å². The number of para-hydroxylation sites is 1. The molecule has 3 rings (SSSR count). The second-order valence-electron chi connectivity index (χ2n) is 8.16. The third-order valence-corrected chi connectivity index (χ3v) is 6.28. The third-order valence-electron chi connectivity index (χ3n) is 5.72. The van der Waals surface area contributed by atoms with E-state index in [9.17, 15) is 42.5 Å². The molecule has 5 amide bonds. The van der Waals surface area contributed by atoms with Crippen LogP contribution < -0.4 is 25.1 Å². The number of nitrogens with one attached hydrogen (secondary N) is 3. The summed E-state index contributed by atoms with van der Waals surface area (Å²) in [6, 6.07) is 1.52. The largest absolute Gasteiger partial charge is 0.547 e. The average Bonchev–Trinajstić information content (AvgIpc) is 2.82. The Labute approximate surface area is 211 Å². The molecule has 2 heterocycles. The molecule has 0 radical (unpaired) electrons. The second-order valence-corrected chi connectivity index (χ2v) is 9.54. The van der Waals surface area contributed by atoms with Crippen LogP contribution in [0.15, 0.2) is 18.2 Å². The van der Waals surface area contributed by atoms with Crippen molar-refractivity contribution < 1.29 is 47.2 Å². The zero-order valence-electron chi connectivity index (χ0n) is 19.5. The summed E-state index contributed by atoms with van der Waals surface area (Å²) in [5.41, 5.74) is 0.183. The van der Waals surface area contributed by atoms with Gasteiger partial charge in [-0.3, -0.25) is 19.3 Å². The lowest BCUT2D eigenvalue weighted by Gasteiger charge is -2.33. The lowest BCUT2D eigenvalue weighted by Crippen LogP contribution is -2.63. The maximum Gasteiger partial charge on any atom is 0.547 e. The summed E-state index contributed by atoms with van der Waals surface area (Å²) in [6.07, 6.45) is -0.0569. The number of rotatable bonds is 8. The van der Waals surface area contributed by atoms with E-state index in [1.165, 1.54) is 23.1 Å². The Balaban J connectivity index is 1.75. The summed E-state index contributed by atoms with van der Waals surface area (Å²) in [4.78, 5) is 63.3. The number of urea groups is 1. The molecule has 1 aromatic rings. The zero-order valence-corrected chi connectivity index (χ0v) is 20.4. The number of benzene rings is 1. The van der Waals surface area contributed by atoms with Gasteiger partial charge in [-0.25, -0.2) is 14.7 Å². The minimum atomic E-state index is -4.29. The van der Waals surface area contributed by atoms with Gasteiger partial charge in [-0.1, -0.05) is 12.1 Å². The Morgan fingerprint density at radius 2 is 1.95 bits per heavy atom. The number of carboxylic acids is 1. The predicted molar refractivity (Wildman–Crippen MR) is 125 cm³/mol. The van der Waals surface area contributed by atoms with Crippen molar-refractivity contribution in [3.8, 4) is 5.75 Å². The van der Waals surface area contributed by atoms with Crippen molar-refractivity contribution in [2.45, 2.75) is 25.3 Å². The highest BCUT2D eigenvalue weighted by Crippen LogP contribution is 2.30. The first kappa shape index (κ1) is 27.8. The number of nitrogens with zero attached hydrogens (tertiary/aromatic N) is 2. The molecule has 0 aromatic heterocycles. The fourth-order valence-corrected chi connectivity index (χ4v) is 4.20. The van der Waals surface area contributed by atoms with Crippen molar-refractivity contribution >= 4 is 47.0 Å². The van der Waals surface area contributed by atoms with Gasteiger partial charge in [0.1, 0.15) is 11.8 Å². The lowest BCUT2D eigenvalue weighted by atomic mass is 9.72. The second kappa shape index (κ2) is 11.1. The Hall–Kier alpha value is -3.74. The van der Waals surface area contributed by atoms with Crippen molar-refractivity contribution in [2.75, 3.05) is 26.2 Å². The van der Waals surface area contributed by atoms with Crippen LogP contribution in [0.3, 0.4) is 0 Å². The fourth-order valence-electron chi connectivity index (χ4n) is 3.81. The summed E-state index contributed by atoms with van der Waals surface area (Å²) < 4.78 is 29.9. The van der Waals surface area contributed by atoms with E-state index in [2.05, 4.69) is 10.6 Å². The van der Waals surface area contributed by atoms with E-state index in [0.717, 1.165) is 0 Å². The number of carbonyl (C=O) groups is 5. The molecule has 2 aliphatic heterocycles. The lowest BCUT2D eigenvalue weighted by molar-refractivity contribution is -0.153. The van der Waals surface area contributed by atoms with Gasteiger partial charge < -0.3 is 30.3 Å². The van der Waals surface area contributed by atoms with Crippen LogP contribution >= 0.6 is 0 Å². The molecular weight excluding hydrogens is 515 g/mol. The highest BCUT2D eigenvalue weighted by molar-refractivity contribution is 7.87. The molecule has 2 atom stereocenters. The highest BCUT2D eigenvalue weighted by atomic mass is 32.2. The van der Waals surface area contributed by atoms with Gasteiger partial charge in [0.25, 0.3) is 10.2 Å². The Morgan fingerprint density at radius 1 is 1.24 bits per heavy atom. The minimum absolute atomic E-state index is 0.0569. The molecule has 18 heteroatoms. The molecule has 2 aliphatic rings. The molecule has 16 nitrogen and oxygen atoms in total. The topological polar surface area (TPSA) is 238 Å². The van der Waals surface area contributed by atoms with Crippen LogP contribution in [-0.2, 0) is 31.0 Å². The van der Waals surface area contributed by atoms with Gasteiger partial charge in [-0.2, -0.15) is 13.1 Å². The molecule has 1 unspecified atom stereocenters. The van der Waals surface area contributed by atoms with Gasteiger partial charge in [-0.15, -0.1) is 0 Å². The number of likely N-dealkylation sites (N-methyl/N-ethyl adjacent to an activating group) is 1. The number of fused-ring (bicyclic) bond motifs is 1. The summed E-state index contributed by atoms with van der Waals surface area (Å²) in [5.74, 6) is -5.48. The van der Waals surface area contributed by atoms with E-state index in [-0.39, 0.29) is 37.4 Å². The van der Waals surface area contributed by atoms with Crippen molar-refractivity contribution in [1.29, 1.82) is 0 Å². The number of amides is 5. The molecule has 0 saturated carbocycles. The van der Waals surface area contributed by atoms with Gasteiger partial charge in [0, 0.05) is 26.2 Å². The van der Waals surface area contributed by atoms with E-state index >= 15 is 0 Å². The number of nitrogens with two attached hydrogens (primary N) is 1. The van der Waals surface area contributed by atoms with Crippen LogP contribution in [-0.4, -0.2) is 103 Å². The summed E-state index contributed by atoms with van der Waals surface area (Å²) in [7, 11) is -5.97. The summed E-state index contributed by atoms with van der Waals surface area (Å²) in [6.45, 7) is 1.11. The van der Waals surface area contributed by atoms with Crippen molar-refractivity contribution in [3.63, 3.8) is 0 Å². The molecule has 200 valence electrons. The van der Waals surface area contributed by atoms with Crippen molar-refractivity contribution in [1.82, 2.24) is 25.2 Å². The van der Waals surface area contributed by atoms with E-state index < -0.39 is 65.6 Å². The first-order valence-corrected chi connectivity index (χ1v) is 12.6. The zero-order chi connectivity index (χ0) is 27.5. The molecule has 0 aliphatic carbocycles. The summed E-state index contributed by atoms with van der Waals surface area (Å²) in [5, 5.41) is 29.2. The average molecular weight is 540 g/mol. The van der Waals surface area contributed by atoms with Crippen LogP contribution in [0.1, 0.15) is 22.8 Å². The van der Waals surface area contributed by atoms with Gasteiger partial charge >= 0.3 is 30.9 Å². The van der Waals surface area contributed by atoms with Gasteiger partial charge in [0.15, 0.2) is 0 Å². The number of hydrogen-bond donors (Lipinski definition) is 6. The Morgan fingerprint density at radius 3 is 2.57 bits per heavy atom. The number of aromatic carboxylic acids is 1. The maximum absolute atomic E-state index is 13.0. The SMILES string of the molecule is CCN1CCN(C(=O)NC(CNS(N)(=O)=O)C(=O)N[C@H]2Cc3cccc(C(=O)O)c3OB2O)C(=O)C1=O. The maximum atomic E-state index is 13.0. The molecule has 1 saturated heterocycles. The summed E-state index contributed by atoms with van der Waals surface area (Å²) >= 11 is 0. The first-order chi connectivity index (χ1) is 17.3. The Kier molecular flexibility index (Phi) is 8.37. The molecule has 7 N–H and O–H groups in total. The number of carboxylic acid groups (broad SMARTS) is 1. The third kappa shape index (κ3) is 6.53. The standard InChI is InChI=1S/C19H25BN6O10S/c1-2-25-6-7-26(17(29)16(25)28)19(32)23-12(9-22-37(21,34)35)15(27)24-13-8-10-4-3-5-11(18(30)31)14(10)36-20(13)33/h3-5,12-13,22,33H,2,6-9H2,1H3,(H,23,32)(H,24,27)(H,30,31)(H2,21,34,35)/t12?,13-/m0/s1. The van der Waals surface area contributed by atoms with Crippen LogP contribution in [0.4, 0.5) is 4.79 Å². The molecule has 1 fully saturated rings. The monoisotopic (exact) mass is 540 g/mol. The molecule has 1 aromatic carbocycles. The van der Waals surface area contributed by atoms with Crippen LogP contribution in [0, 0.1) is 0 Å². The van der Waals surface area contributed by atoms with E-state index in [1.807, 2.05) is 4.72 Å². The van der Waals surface area contributed by atoms with Crippen LogP contribution in [0.5, 0.6) is 5.75 Å². The molecular formula is C19H25BN6O10S. The first-order valence-electron chi connectivity index (χ1n) is 11.0. The van der Waals surface area contributed by atoms with Crippen LogP contribution in [0.25, 0.3) is 0 Å². The quantitative estimate of drug-likeness (QED) is 0.140. The number of hydrogen-bond acceptors (Lipinski definition) is 9. The number of piperazine rings is 1. The van der Waals surface area contributed by atoms with Crippen molar-refractivity contribution in [2.24, 2.45) is 5.14 Å². The van der Waals surface area contributed by atoms with Gasteiger partial charge in [-0.05, 0) is 25.0 Å². The Bertz CT molecular complexity index is 1230. The molecule has 0 spiro atoms. The number of carbonyl (C=O) groups excluding carboxylic acids is 4. The van der Waals surface area contributed by atoms with Gasteiger partial charge in [0.05, 0.1) is 11.5 Å². The van der Waals surface area contributed by atoms with E-state index in [1.54, 1.807) is 6.92 Å². The number of imide groups is 1. The smallest absolute Gasteiger partial charge is 0.534 e. The van der Waals surface area contributed by atoms with E-state index in [4.69, 9.17) is 9.79 Å². The molecule has 37 heavy (non-hydrogen) atoms. The minimum Gasteiger partial charge on any atom is -0.534 e. The van der Waals surface area contributed by atoms with Crippen LogP contribution in [0.2, 0.25) is 0 Å².